The average molecular weight is 296 g/mol. The van der Waals surface area contributed by atoms with Crippen molar-refractivity contribution in [3.05, 3.63) is 47.9 Å². The fourth-order valence-corrected chi connectivity index (χ4v) is 2.90. The van der Waals surface area contributed by atoms with Gasteiger partial charge in [0.15, 0.2) is 21.9 Å². The van der Waals surface area contributed by atoms with Gasteiger partial charge in [0, 0.05) is 11.2 Å². The highest BCUT2D eigenvalue weighted by atomic mass is 32.2. The molecular formula is C13H12O4S2. The molecule has 0 atom stereocenters. The minimum absolute atomic E-state index is 0.304. The summed E-state index contributed by atoms with van der Waals surface area (Å²) in [5.41, 5.74) is 0. The van der Waals surface area contributed by atoms with E-state index in [1.807, 2.05) is 0 Å². The van der Waals surface area contributed by atoms with Gasteiger partial charge in [-0.2, -0.15) is 0 Å². The van der Waals surface area contributed by atoms with Gasteiger partial charge in [-0.1, -0.05) is 0 Å². The third-order valence-corrected chi connectivity index (χ3v) is 4.59. The van der Waals surface area contributed by atoms with Crippen molar-refractivity contribution in [2.45, 2.75) is 15.5 Å². The van der Waals surface area contributed by atoms with Crippen molar-refractivity contribution in [1.82, 2.24) is 0 Å². The summed E-state index contributed by atoms with van der Waals surface area (Å²) in [6, 6.07) is 10.0. The zero-order chi connectivity index (χ0) is 13.9. The van der Waals surface area contributed by atoms with E-state index in [0.29, 0.717) is 28.5 Å². The molecule has 0 bridgehead atoms. The fraction of sp³-hybridized carbons (Fsp3) is 0.154. The van der Waals surface area contributed by atoms with Gasteiger partial charge in [0.2, 0.25) is 0 Å². The number of hydrogen-bond acceptors (Lipinski definition) is 5. The van der Waals surface area contributed by atoms with Gasteiger partial charge in [-0.05, 0) is 36.4 Å². The summed E-state index contributed by atoms with van der Waals surface area (Å²) in [7, 11) is -3.15. The Hall–Kier alpha value is -1.53. The van der Waals surface area contributed by atoms with Crippen molar-refractivity contribution in [1.29, 1.82) is 0 Å². The maximum absolute atomic E-state index is 11.3. The molecule has 0 amide bonds. The van der Waals surface area contributed by atoms with E-state index in [9.17, 15) is 13.2 Å². The molecule has 0 N–H and O–H groups in total. The lowest BCUT2D eigenvalue weighted by atomic mass is 10.4. The molecule has 0 unspecified atom stereocenters. The van der Waals surface area contributed by atoms with Crippen molar-refractivity contribution >= 4 is 27.9 Å². The van der Waals surface area contributed by atoms with Crippen LogP contribution in [0.25, 0.3) is 0 Å². The number of benzene rings is 1. The normalized spacial score (nSPS) is 11.4. The monoisotopic (exact) mass is 296 g/mol. The lowest BCUT2D eigenvalue weighted by molar-refractivity contribution is 0.109. The first kappa shape index (κ1) is 13.9. The molecule has 0 fully saturated rings. The minimum Gasteiger partial charge on any atom is -0.457 e. The van der Waals surface area contributed by atoms with Crippen LogP contribution in [0.3, 0.4) is 0 Å². The Morgan fingerprint density at radius 2 is 1.84 bits per heavy atom. The van der Waals surface area contributed by atoms with Crippen molar-refractivity contribution in [2.24, 2.45) is 0 Å². The third kappa shape index (κ3) is 3.71. The summed E-state index contributed by atoms with van der Waals surface area (Å²) < 4.78 is 27.9. The molecule has 6 heteroatoms. The van der Waals surface area contributed by atoms with Gasteiger partial charge in [0.05, 0.1) is 10.6 Å². The predicted octanol–water partition coefficient (Wildman–Crippen LogP) is 2.79. The molecule has 19 heavy (non-hydrogen) atoms. The Bertz CT molecular complexity index is 669. The molecule has 0 saturated carbocycles. The summed E-state index contributed by atoms with van der Waals surface area (Å²) >= 11 is 1.51. The molecular weight excluding hydrogens is 284 g/mol. The van der Waals surface area contributed by atoms with Gasteiger partial charge in [0.1, 0.15) is 5.76 Å². The lowest BCUT2D eigenvalue weighted by Gasteiger charge is -2.01. The summed E-state index contributed by atoms with van der Waals surface area (Å²) in [6.45, 7) is 0. The Balaban J connectivity index is 2.02. The van der Waals surface area contributed by atoms with E-state index >= 15 is 0 Å². The van der Waals surface area contributed by atoms with E-state index in [0.717, 1.165) is 4.90 Å². The van der Waals surface area contributed by atoms with Crippen LogP contribution >= 0.6 is 11.8 Å². The molecule has 0 aliphatic rings. The number of furan rings is 1. The van der Waals surface area contributed by atoms with Crippen molar-refractivity contribution in [3.8, 4) is 0 Å². The second-order valence-corrected chi connectivity index (χ2v) is 7.02. The van der Waals surface area contributed by atoms with Crippen LogP contribution < -0.4 is 0 Å². The van der Waals surface area contributed by atoms with Crippen LogP contribution in [0.5, 0.6) is 0 Å². The second-order valence-electron chi connectivity index (χ2n) is 3.95. The van der Waals surface area contributed by atoms with E-state index in [2.05, 4.69) is 0 Å². The van der Waals surface area contributed by atoms with E-state index in [-0.39, 0.29) is 0 Å². The average Bonchev–Trinajstić information content (AvgIpc) is 2.84. The molecule has 0 spiro atoms. The van der Waals surface area contributed by atoms with E-state index in [4.69, 9.17) is 4.42 Å². The van der Waals surface area contributed by atoms with E-state index in [1.54, 1.807) is 36.4 Å². The van der Waals surface area contributed by atoms with E-state index < -0.39 is 9.84 Å². The number of aldehydes is 1. The highest BCUT2D eigenvalue weighted by Gasteiger charge is 2.07. The molecule has 0 aliphatic heterocycles. The molecule has 2 aromatic rings. The number of carbonyl (C=O) groups is 1. The predicted molar refractivity (Wildman–Crippen MR) is 73.2 cm³/mol. The molecule has 1 aromatic heterocycles. The highest BCUT2D eigenvalue weighted by molar-refractivity contribution is 7.98. The van der Waals surface area contributed by atoms with Crippen LogP contribution in [0, 0.1) is 0 Å². The van der Waals surface area contributed by atoms with Crippen LogP contribution in [0.2, 0.25) is 0 Å². The van der Waals surface area contributed by atoms with Gasteiger partial charge < -0.3 is 4.42 Å². The van der Waals surface area contributed by atoms with E-state index in [1.165, 1.54) is 18.0 Å². The molecule has 4 nitrogen and oxygen atoms in total. The van der Waals surface area contributed by atoms with Gasteiger partial charge in [-0.3, -0.25) is 4.79 Å². The summed E-state index contributed by atoms with van der Waals surface area (Å²) in [4.78, 5) is 11.7. The topological polar surface area (TPSA) is 64.3 Å². The Kier molecular flexibility index (Phi) is 4.11. The fourth-order valence-electron chi connectivity index (χ4n) is 1.47. The number of thioether (sulfide) groups is 1. The first-order chi connectivity index (χ1) is 8.99. The number of rotatable bonds is 5. The van der Waals surface area contributed by atoms with Crippen LogP contribution in [0.15, 0.2) is 50.6 Å². The second kappa shape index (κ2) is 5.63. The van der Waals surface area contributed by atoms with Crippen molar-refractivity contribution in [3.63, 3.8) is 0 Å². The summed E-state index contributed by atoms with van der Waals surface area (Å²) in [5, 5.41) is 0. The summed E-state index contributed by atoms with van der Waals surface area (Å²) in [6.07, 6.45) is 1.84. The standard InChI is InChI=1S/C13H12O4S2/c1-19(15,16)13-6-4-12(5-7-13)18-9-11-3-2-10(8-14)17-11/h2-8H,9H2,1H3. The molecule has 1 aromatic carbocycles. The molecule has 1 heterocycles. The van der Waals surface area contributed by atoms with Crippen molar-refractivity contribution in [2.75, 3.05) is 6.26 Å². The molecule has 100 valence electrons. The SMILES string of the molecule is CS(=O)(=O)c1ccc(SCc2ccc(C=O)o2)cc1. The highest BCUT2D eigenvalue weighted by Crippen LogP contribution is 2.24. The molecule has 2 rings (SSSR count). The van der Waals surface area contributed by atoms with Crippen LogP contribution in [0.1, 0.15) is 16.3 Å². The Morgan fingerprint density at radius 1 is 1.16 bits per heavy atom. The third-order valence-electron chi connectivity index (χ3n) is 2.43. The first-order valence-corrected chi connectivity index (χ1v) is 8.33. The number of sulfone groups is 1. The number of carbonyl (C=O) groups excluding carboxylic acids is 1. The summed E-state index contributed by atoms with van der Waals surface area (Å²) in [5.74, 6) is 1.61. The van der Waals surface area contributed by atoms with Crippen LogP contribution in [-0.2, 0) is 15.6 Å². The molecule has 0 saturated heterocycles. The maximum atomic E-state index is 11.3. The number of hydrogen-bond donors (Lipinski definition) is 0. The quantitative estimate of drug-likeness (QED) is 0.627. The van der Waals surface area contributed by atoms with Gasteiger partial charge in [-0.25, -0.2) is 8.42 Å². The maximum Gasteiger partial charge on any atom is 0.185 e. The molecule has 0 radical (unpaired) electrons. The van der Waals surface area contributed by atoms with Gasteiger partial charge >= 0.3 is 0 Å². The molecule has 0 aliphatic carbocycles. The first-order valence-electron chi connectivity index (χ1n) is 5.46. The van der Waals surface area contributed by atoms with Crippen LogP contribution in [-0.4, -0.2) is 21.0 Å². The van der Waals surface area contributed by atoms with Crippen LogP contribution in [0.4, 0.5) is 0 Å². The largest absolute Gasteiger partial charge is 0.457 e. The zero-order valence-electron chi connectivity index (χ0n) is 10.2. The zero-order valence-corrected chi connectivity index (χ0v) is 11.8. The lowest BCUT2D eigenvalue weighted by Crippen LogP contribution is -1.95. The Morgan fingerprint density at radius 3 is 2.37 bits per heavy atom. The van der Waals surface area contributed by atoms with Gasteiger partial charge in [0.25, 0.3) is 0 Å². The Labute approximate surface area is 115 Å². The van der Waals surface area contributed by atoms with Crippen molar-refractivity contribution < 1.29 is 17.6 Å². The van der Waals surface area contributed by atoms with Gasteiger partial charge in [-0.15, -0.1) is 11.8 Å². The minimum atomic E-state index is -3.15. The smallest absolute Gasteiger partial charge is 0.185 e.